The van der Waals surface area contributed by atoms with E-state index in [1.165, 1.54) is 44.9 Å². The molecular formula is C22H39NO4. The minimum Gasteiger partial charge on any atom is -0.480 e. The normalized spacial score (nSPS) is 11.4. The van der Waals surface area contributed by atoms with Gasteiger partial charge in [0.2, 0.25) is 5.91 Å². The van der Waals surface area contributed by atoms with Crippen molar-refractivity contribution in [1.29, 1.82) is 0 Å². The first kappa shape index (κ1) is 25.4. The van der Waals surface area contributed by atoms with Crippen LogP contribution in [0.2, 0.25) is 0 Å². The Bertz CT molecular complexity index is 419. The predicted octanol–water partition coefficient (Wildman–Crippen LogP) is 4.75. The molecule has 0 aliphatic heterocycles. The van der Waals surface area contributed by atoms with Gasteiger partial charge >= 0.3 is 5.97 Å². The summed E-state index contributed by atoms with van der Waals surface area (Å²) in [6, 6.07) is 0. The summed E-state index contributed by atoms with van der Waals surface area (Å²) in [5.74, 6) is -1.20. The van der Waals surface area contributed by atoms with Gasteiger partial charge in [0.15, 0.2) is 0 Å². The molecule has 0 unspecified atom stereocenters. The molecule has 5 heteroatoms. The minimum atomic E-state index is -1.01. The largest absolute Gasteiger partial charge is 0.480 e. The Labute approximate surface area is 164 Å². The van der Waals surface area contributed by atoms with Gasteiger partial charge in [-0.1, -0.05) is 50.0 Å². The molecule has 0 aromatic carbocycles. The lowest BCUT2D eigenvalue weighted by Crippen LogP contribution is -2.28. The minimum absolute atomic E-state index is 0.192. The molecule has 0 aromatic heterocycles. The quantitative estimate of drug-likeness (QED) is 0.222. The zero-order chi connectivity index (χ0) is 20.0. The molecule has 0 rings (SSSR count). The zero-order valence-electron chi connectivity index (χ0n) is 16.8. The lowest BCUT2D eigenvalue weighted by Gasteiger charge is -2.00. The standard InChI is InChI=1S/C22H39NO4/c24-19-17-15-13-11-9-7-5-3-1-2-4-6-8-10-12-14-16-18-21(25)23-20-22(26)27/h7,9-10,12,24H,1-6,8,11,13-20H2,(H,23,25)(H,26,27)/b9-7-,12-10-. The number of rotatable bonds is 19. The van der Waals surface area contributed by atoms with E-state index in [0.717, 1.165) is 38.5 Å². The second-order valence-corrected chi connectivity index (χ2v) is 6.92. The predicted molar refractivity (Wildman–Crippen MR) is 111 cm³/mol. The number of carbonyl (C=O) groups is 2. The van der Waals surface area contributed by atoms with Crippen LogP contribution in [0.4, 0.5) is 0 Å². The van der Waals surface area contributed by atoms with Crippen molar-refractivity contribution in [3.05, 3.63) is 24.3 Å². The summed E-state index contributed by atoms with van der Waals surface area (Å²) in [6.07, 6.45) is 23.9. The molecule has 0 bridgehead atoms. The molecule has 0 spiro atoms. The number of carboxylic acid groups (broad SMARTS) is 1. The van der Waals surface area contributed by atoms with Gasteiger partial charge in [-0.05, 0) is 57.8 Å². The Balaban J connectivity index is 3.25. The van der Waals surface area contributed by atoms with Crippen molar-refractivity contribution in [1.82, 2.24) is 5.32 Å². The van der Waals surface area contributed by atoms with Crippen molar-refractivity contribution in [2.24, 2.45) is 0 Å². The molecule has 0 saturated heterocycles. The van der Waals surface area contributed by atoms with Crippen molar-refractivity contribution in [3.8, 4) is 0 Å². The summed E-state index contributed by atoms with van der Waals surface area (Å²) in [7, 11) is 0. The topological polar surface area (TPSA) is 86.6 Å². The van der Waals surface area contributed by atoms with E-state index in [2.05, 4.69) is 29.6 Å². The smallest absolute Gasteiger partial charge is 0.322 e. The van der Waals surface area contributed by atoms with Gasteiger partial charge in [-0.15, -0.1) is 0 Å². The SMILES string of the molecule is O=C(O)CNC(=O)CCC/C=C\CCCCCCC/C=C\CCCCCO. The lowest BCUT2D eigenvalue weighted by molar-refractivity contribution is -0.137. The van der Waals surface area contributed by atoms with Gasteiger partial charge in [0.05, 0.1) is 0 Å². The number of nitrogens with one attached hydrogen (secondary N) is 1. The molecule has 0 aliphatic carbocycles. The number of hydrogen-bond donors (Lipinski definition) is 3. The highest BCUT2D eigenvalue weighted by Gasteiger charge is 2.02. The van der Waals surface area contributed by atoms with Gasteiger partial charge < -0.3 is 15.5 Å². The molecule has 0 saturated carbocycles. The van der Waals surface area contributed by atoms with E-state index >= 15 is 0 Å². The van der Waals surface area contributed by atoms with Gasteiger partial charge in [0, 0.05) is 13.0 Å². The molecular weight excluding hydrogens is 342 g/mol. The number of allylic oxidation sites excluding steroid dienone is 4. The van der Waals surface area contributed by atoms with Crippen LogP contribution in [0.1, 0.15) is 89.9 Å². The third-order valence-electron chi connectivity index (χ3n) is 4.32. The van der Waals surface area contributed by atoms with Crippen molar-refractivity contribution < 1.29 is 19.8 Å². The van der Waals surface area contributed by atoms with E-state index in [9.17, 15) is 9.59 Å². The van der Waals surface area contributed by atoms with Crippen LogP contribution < -0.4 is 5.32 Å². The fourth-order valence-corrected chi connectivity index (χ4v) is 2.72. The fraction of sp³-hybridized carbons (Fsp3) is 0.727. The molecule has 3 N–H and O–H groups in total. The summed E-state index contributed by atoms with van der Waals surface area (Å²) in [6.45, 7) is 0.0186. The first-order chi connectivity index (χ1) is 13.2. The second kappa shape index (κ2) is 20.7. The number of carboxylic acids is 1. The summed E-state index contributed by atoms with van der Waals surface area (Å²) in [5.41, 5.74) is 0. The maximum Gasteiger partial charge on any atom is 0.322 e. The first-order valence-electron chi connectivity index (χ1n) is 10.6. The van der Waals surface area contributed by atoms with Crippen LogP contribution in [0.3, 0.4) is 0 Å². The Morgan fingerprint density at radius 3 is 1.59 bits per heavy atom. The highest BCUT2D eigenvalue weighted by atomic mass is 16.4. The highest BCUT2D eigenvalue weighted by Crippen LogP contribution is 2.09. The molecule has 0 atom stereocenters. The number of aliphatic carboxylic acids is 1. The molecule has 0 fully saturated rings. The average molecular weight is 382 g/mol. The summed E-state index contributed by atoms with van der Waals surface area (Å²) >= 11 is 0. The zero-order valence-corrected chi connectivity index (χ0v) is 16.8. The Hall–Kier alpha value is -1.62. The number of hydrogen-bond acceptors (Lipinski definition) is 3. The van der Waals surface area contributed by atoms with Crippen LogP contribution >= 0.6 is 0 Å². The molecule has 0 heterocycles. The Morgan fingerprint density at radius 1 is 0.667 bits per heavy atom. The Kier molecular flexibility index (Phi) is 19.4. The van der Waals surface area contributed by atoms with Crippen LogP contribution in [0.5, 0.6) is 0 Å². The fourth-order valence-electron chi connectivity index (χ4n) is 2.72. The Morgan fingerprint density at radius 2 is 1.11 bits per heavy atom. The van der Waals surface area contributed by atoms with E-state index in [1.54, 1.807) is 0 Å². The van der Waals surface area contributed by atoms with Gasteiger partial charge in [0.25, 0.3) is 0 Å². The van der Waals surface area contributed by atoms with Gasteiger partial charge in [-0.3, -0.25) is 9.59 Å². The van der Waals surface area contributed by atoms with Crippen molar-refractivity contribution in [2.45, 2.75) is 89.9 Å². The second-order valence-electron chi connectivity index (χ2n) is 6.92. The number of unbranched alkanes of at least 4 members (excludes halogenated alkanes) is 10. The summed E-state index contributed by atoms with van der Waals surface area (Å²) in [5, 5.41) is 19.5. The maximum absolute atomic E-state index is 11.3. The van der Waals surface area contributed by atoms with E-state index in [4.69, 9.17) is 10.2 Å². The molecule has 0 aromatic rings. The van der Waals surface area contributed by atoms with Gasteiger partial charge in [0.1, 0.15) is 6.54 Å². The monoisotopic (exact) mass is 381 g/mol. The molecule has 0 radical (unpaired) electrons. The van der Waals surface area contributed by atoms with Crippen molar-refractivity contribution in [3.63, 3.8) is 0 Å². The maximum atomic E-state index is 11.3. The molecule has 1 amide bonds. The van der Waals surface area contributed by atoms with Crippen LogP contribution in [-0.4, -0.2) is 35.2 Å². The third kappa shape index (κ3) is 22.3. The van der Waals surface area contributed by atoms with E-state index in [0.29, 0.717) is 13.0 Å². The number of aliphatic hydroxyl groups excluding tert-OH is 1. The summed E-state index contributed by atoms with van der Waals surface area (Å²) < 4.78 is 0. The lowest BCUT2D eigenvalue weighted by atomic mass is 10.1. The summed E-state index contributed by atoms with van der Waals surface area (Å²) in [4.78, 5) is 21.6. The first-order valence-corrected chi connectivity index (χ1v) is 10.6. The van der Waals surface area contributed by atoms with Gasteiger partial charge in [-0.25, -0.2) is 0 Å². The van der Waals surface area contributed by atoms with Crippen LogP contribution in [0, 0.1) is 0 Å². The molecule has 27 heavy (non-hydrogen) atoms. The van der Waals surface area contributed by atoms with Crippen LogP contribution in [0.15, 0.2) is 24.3 Å². The van der Waals surface area contributed by atoms with E-state index in [1.807, 2.05) is 0 Å². The van der Waals surface area contributed by atoms with E-state index < -0.39 is 5.97 Å². The van der Waals surface area contributed by atoms with Crippen molar-refractivity contribution >= 4 is 11.9 Å². The number of aliphatic hydroxyl groups is 1. The molecule has 156 valence electrons. The highest BCUT2D eigenvalue weighted by molar-refractivity contribution is 5.80. The molecule has 0 aliphatic rings. The number of amides is 1. The number of carbonyl (C=O) groups excluding carboxylic acids is 1. The third-order valence-corrected chi connectivity index (χ3v) is 4.32. The molecule has 5 nitrogen and oxygen atoms in total. The van der Waals surface area contributed by atoms with Crippen molar-refractivity contribution in [2.75, 3.05) is 13.2 Å². The average Bonchev–Trinajstić information content (AvgIpc) is 2.65. The van der Waals surface area contributed by atoms with Gasteiger partial charge in [-0.2, -0.15) is 0 Å². The van der Waals surface area contributed by atoms with Crippen LogP contribution in [0.25, 0.3) is 0 Å². The van der Waals surface area contributed by atoms with E-state index in [-0.39, 0.29) is 12.5 Å². The van der Waals surface area contributed by atoms with Crippen LogP contribution in [-0.2, 0) is 9.59 Å².